The molecule has 0 unspecified atom stereocenters. The highest BCUT2D eigenvalue weighted by Gasteiger charge is 2.43. The number of nitrogens with one attached hydrogen (secondary N) is 1. The van der Waals surface area contributed by atoms with Gasteiger partial charge in [-0.3, -0.25) is 4.79 Å². The summed E-state index contributed by atoms with van der Waals surface area (Å²) in [6.07, 6.45) is 5.49. The average Bonchev–Trinajstić information content (AvgIpc) is 3.44. The molecule has 1 aromatic carbocycles. The Morgan fingerprint density at radius 1 is 1.14 bits per heavy atom. The van der Waals surface area contributed by atoms with E-state index in [1.54, 1.807) is 0 Å². The minimum absolute atomic E-state index is 0.0303. The maximum absolute atomic E-state index is 12.4. The van der Waals surface area contributed by atoms with Crippen LogP contribution in [0.15, 0.2) is 35.5 Å². The van der Waals surface area contributed by atoms with Crippen molar-refractivity contribution in [2.75, 3.05) is 0 Å². The van der Waals surface area contributed by atoms with Crippen molar-refractivity contribution in [1.29, 1.82) is 0 Å². The molecule has 0 bridgehead atoms. The number of nitrogens with zero attached hydrogens (tertiary/aromatic N) is 1. The van der Waals surface area contributed by atoms with Crippen LogP contribution in [0.2, 0.25) is 0 Å². The standard InChI is InChI=1S/C17H20N2O2/c20-17(18-16(12-6-7-12)13-8-9-13)14-10-15(21-19-14)11-4-2-1-3-5-11/h1-5,12-13,15-16H,6-10H2,(H,18,20)/t15-/m1/s1. The second-order valence-electron chi connectivity index (χ2n) is 6.42. The number of carbonyl (C=O) groups excluding carboxylic acids is 1. The van der Waals surface area contributed by atoms with Gasteiger partial charge in [0.2, 0.25) is 0 Å². The Hall–Kier alpha value is -1.84. The molecule has 110 valence electrons. The van der Waals surface area contributed by atoms with Crippen LogP contribution >= 0.6 is 0 Å². The average molecular weight is 284 g/mol. The third kappa shape index (κ3) is 2.80. The minimum atomic E-state index is -0.118. The first-order chi connectivity index (χ1) is 10.3. The topological polar surface area (TPSA) is 50.7 Å². The maximum atomic E-state index is 12.4. The van der Waals surface area contributed by atoms with Crippen molar-refractivity contribution in [1.82, 2.24) is 5.32 Å². The van der Waals surface area contributed by atoms with Crippen LogP contribution in [0.4, 0.5) is 0 Å². The van der Waals surface area contributed by atoms with E-state index in [1.807, 2.05) is 30.3 Å². The molecule has 1 atom stereocenters. The van der Waals surface area contributed by atoms with Crippen LogP contribution in [0.25, 0.3) is 0 Å². The summed E-state index contributed by atoms with van der Waals surface area (Å²) in [6, 6.07) is 10.3. The van der Waals surface area contributed by atoms with Gasteiger partial charge < -0.3 is 10.2 Å². The van der Waals surface area contributed by atoms with Crippen LogP contribution in [0, 0.1) is 11.8 Å². The van der Waals surface area contributed by atoms with E-state index in [0.29, 0.717) is 30.0 Å². The third-order valence-electron chi connectivity index (χ3n) is 4.66. The van der Waals surface area contributed by atoms with E-state index in [0.717, 1.165) is 5.56 Å². The predicted octanol–water partition coefficient (Wildman–Crippen LogP) is 2.81. The van der Waals surface area contributed by atoms with E-state index in [1.165, 1.54) is 25.7 Å². The van der Waals surface area contributed by atoms with E-state index >= 15 is 0 Å². The highest BCUT2D eigenvalue weighted by Crippen LogP contribution is 2.44. The molecule has 1 N–H and O–H groups in total. The van der Waals surface area contributed by atoms with E-state index in [9.17, 15) is 4.79 Å². The Balaban J connectivity index is 1.37. The first-order valence-electron chi connectivity index (χ1n) is 7.90. The van der Waals surface area contributed by atoms with Gasteiger partial charge in [-0.2, -0.15) is 0 Å². The molecule has 1 aliphatic heterocycles. The lowest BCUT2D eigenvalue weighted by Crippen LogP contribution is -2.41. The molecular formula is C17H20N2O2. The molecule has 2 aliphatic carbocycles. The van der Waals surface area contributed by atoms with Gasteiger partial charge in [-0.25, -0.2) is 0 Å². The zero-order valence-electron chi connectivity index (χ0n) is 12.0. The summed E-state index contributed by atoms with van der Waals surface area (Å²) in [5.74, 6) is 1.38. The number of oxime groups is 1. The molecule has 0 spiro atoms. The third-order valence-corrected chi connectivity index (χ3v) is 4.66. The summed E-state index contributed by atoms with van der Waals surface area (Å²) in [6.45, 7) is 0. The molecule has 0 aromatic heterocycles. The van der Waals surface area contributed by atoms with E-state index in [-0.39, 0.29) is 12.0 Å². The molecule has 4 heteroatoms. The zero-order valence-corrected chi connectivity index (χ0v) is 12.0. The molecule has 21 heavy (non-hydrogen) atoms. The second-order valence-corrected chi connectivity index (χ2v) is 6.42. The number of amides is 1. The van der Waals surface area contributed by atoms with Gasteiger partial charge in [-0.15, -0.1) is 0 Å². The Labute approximate surface area is 124 Å². The molecular weight excluding hydrogens is 264 g/mol. The molecule has 4 rings (SSSR count). The molecule has 3 aliphatic rings. The molecule has 1 amide bonds. The van der Waals surface area contributed by atoms with Gasteiger partial charge in [0.15, 0.2) is 6.10 Å². The van der Waals surface area contributed by atoms with Crippen molar-refractivity contribution in [2.45, 2.75) is 44.2 Å². The maximum Gasteiger partial charge on any atom is 0.269 e. The lowest BCUT2D eigenvalue weighted by Gasteiger charge is -2.17. The number of hydrogen-bond acceptors (Lipinski definition) is 3. The smallest absolute Gasteiger partial charge is 0.269 e. The van der Waals surface area contributed by atoms with Crippen molar-refractivity contribution in [2.24, 2.45) is 17.0 Å². The molecule has 2 fully saturated rings. The fourth-order valence-electron chi connectivity index (χ4n) is 3.12. The lowest BCUT2D eigenvalue weighted by atomic mass is 10.0. The molecule has 1 heterocycles. The summed E-state index contributed by atoms with van der Waals surface area (Å²) in [5, 5.41) is 7.22. The van der Waals surface area contributed by atoms with Crippen LogP contribution in [0.5, 0.6) is 0 Å². The first kappa shape index (κ1) is 12.9. The van der Waals surface area contributed by atoms with Crippen molar-refractivity contribution in [3.63, 3.8) is 0 Å². The SMILES string of the molecule is O=C(NC(C1CC1)C1CC1)C1=NO[C@@H](c2ccccc2)C1. The normalized spacial score (nSPS) is 24.6. The molecule has 0 saturated heterocycles. The molecule has 0 radical (unpaired) electrons. The Kier molecular flexibility index (Phi) is 3.17. The highest BCUT2D eigenvalue weighted by atomic mass is 16.6. The Bertz CT molecular complexity index is 549. The highest BCUT2D eigenvalue weighted by molar-refractivity contribution is 6.39. The summed E-state index contributed by atoms with van der Waals surface area (Å²) in [5.41, 5.74) is 1.61. The van der Waals surface area contributed by atoms with Gasteiger partial charge in [-0.1, -0.05) is 35.5 Å². The van der Waals surface area contributed by atoms with Crippen LogP contribution in [0.3, 0.4) is 0 Å². The monoisotopic (exact) mass is 284 g/mol. The van der Waals surface area contributed by atoms with Crippen molar-refractivity contribution >= 4 is 11.6 Å². The molecule has 2 saturated carbocycles. The van der Waals surface area contributed by atoms with Gasteiger partial charge in [-0.05, 0) is 43.1 Å². The summed E-state index contributed by atoms with van der Waals surface area (Å²) >= 11 is 0. The molecule has 1 aromatic rings. The van der Waals surface area contributed by atoms with Crippen molar-refractivity contribution in [3.05, 3.63) is 35.9 Å². The minimum Gasteiger partial charge on any atom is -0.387 e. The largest absolute Gasteiger partial charge is 0.387 e. The quantitative estimate of drug-likeness (QED) is 0.904. The molecule has 4 nitrogen and oxygen atoms in total. The van der Waals surface area contributed by atoms with Crippen LogP contribution in [0.1, 0.15) is 43.8 Å². The van der Waals surface area contributed by atoms with Crippen LogP contribution in [-0.2, 0) is 9.63 Å². The Morgan fingerprint density at radius 3 is 2.43 bits per heavy atom. The van der Waals surface area contributed by atoms with Crippen LogP contribution < -0.4 is 5.32 Å². The number of rotatable bonds is 5. The van der Waals surface area contributed by atoms with Gasteiger partial charge in [0, 0.05) is 12.5 Å². The number of hydrogen-bond donors (Lipinski definition) is 1. The van der Waals surface area contributed by atoms with Gasteiger partial charge in [0.25, 0.3) is 5.91 Å². The lowest BCUT2D eigenvalue weighted by molar-refractivity contribution is -0.115. The fraction of sp³-hybridized carbons (Fsp3) is 0.529. The van der Waals surface area contributed by atoms with Gasteiger partial charge in [0.05, 0.1) is 0 Å². The second kappa shape index (κ2) is 5.17. The van der Waals surface area contributed by atoms with Crippen LogP contribution in [-0.4, -0.2) is 17.7 Å². The predicted molar refractivity (Wildman–Crippen MR) is 79.7 cm³/mol. The van der Waals surface area contributed by atoms with E-state index < -0.39 is 0 Å². The van der Waals surface area contributed by atoms with E-state index in [2.05, 4.69) is 10.5 Å². The zero-order chi connectivity index (χ0) is 14.2. The Morgan fingerprint density at radius 2 is 1.81 bits per heavy atom. The van der Waals surface area contributed by atoms with Crippen molar-refractivity contribution in [3.8, 4) is 0 Å². The van der Waals surface area contributed by atoms with E-state index in [4.69, 9.17) is 4.84 Å². The summed E-state index contributed by atoms with van der Waals surface area (Å²) in [7, 11) is 0. The van der Waals surface area contributed by atoms with Crippen molar-refractivity contribution < 1.29 is 9.63 Å². The number of carbonyl (C=O) groups is 1. The van der Waals surface area contributed by atoms with Gasteiger partial charge >= 0.3 is 0 Å². The van der Waals surface area contributed by atoms with Gasteiger partial charge in [0.1, 0.15) is 5.71 Å². The first-order valence-corrected chi connectivity index (χ1v) is 7.90. The summed E-state index contributed by atoms with van der Waals surface area (Å²) < 4.78 is 0. The summed E-state index contributed by atoms with van der Waals surface area (Å²) in [4.78, 5) is 17.8. The number of benzene rings is 1. The fourth-order valence-corrected chi connectivity index (χ4v) is 3.12.